The molecule has 0 unspecified atom stereocenters. The Balaban J connectivity index is 1.36. The van der Waals surface area contributed by atoms with E-state index in [0.29, 0.717) is 11.1 Å². The molecule has 2 amide bonds. The predicted molar refractivity (Wildman–Crippen MR) is 232 cm³/mol. The zero-order valence-corrected chi connectivity index (χ0v) is 34.1. The molecule has 6 aromatic carbocycles. The highest BCUT2D eigenvalue weighted by molar-refractivity contribution is 8.00. The molecule has 3 N–H and O–H groups in total. The van der Waals surface area contributed by atoms with E-state index >= 15 is 0 Å². The van der Waals surface area contributed by atoms with E-state index in [1.807, 2.05) is 91.0 Å². The van der Waals surface area contributed by atoms with Crippen LogP contribution in [0.2, 0.25) is 0 Å². The van der Waals surface area contributed by atoms with Crippen molar-refractivity contribution in [2.75, 3.05) is 15.8 Å². The van der Waals surface area contributed by atoms with Gasteiger partial charge in [-0.25, -0.2) is 13.2 Å². The first-order valence-electron chi connectivity index (χ1n) is 18.7. The molecule has 0 spiro atoms. The molecular formula is C47H45N3O6S2. The van der Waals surface area contributed by atoms with Gasteiger partial charge in [-0.15, -0.1) is 11.8 Å². The average Bonchev–Trinajstić information content (AvgIpc) is 3.22. The van der Waals surface area contributed by atoms with E-state index in [-0.39, 0.29) is 28.4 Å². The summed E-state index contributed by atoms with van der Waals surface area (Å²) in [6.45, 7) is 5.22. The van der Waals surface area contributed by atoms with Crippen molar-refractivity contribution in [3.63, 3.8) is 0 Å². The first-order chi connectivity index (χ1) is 27.8. The molecule has 0 aliphatic rings. The summed E-state index contributed by atoms with van der Waals surface area (Å²) in [7, 11) is -3.95. The van der Waals surface area contributed by atoms with Crippen LogP contribution < -0.4 is 15.4 Å². The molecule has 0 heterocycles. The Morgan fingerprint density at radius 1 is 0.655 bits per heavy atom. The second-order valence-electron chi connectivity index (χ2n) is 14.6. The summed E-state index contributed by atoms with van der Waals surface area (Å²) in [6, 6.07) is 50.4. The zero-order chi connectivity index (χ0) is 41.2. The summed E-state index contributed by atoms with van der Waals surface area (Å²) in [4.78, 5) is 41.7. The number of amides is 2. The smallest absolute Gasteiger partial charge is 0.408 e. The zero-order valence-electron chi connectivity index (χ0n) is 32.4. The fourth-order valence-electron chi connectivity index (χ4n) is 6.48. The molecule has 0 radical (unpaired) electrons. The quantitative estimate of drug-likeness (QED) is 0.0696. The van der Waals surface area contributed by atoms with E-state index in [4.69, 9.17) is 4.74 Å². The van der Waals surface area contributed by atoms with Gasteiger partial charge < -0.3 is 15.4 Å². The van der Waals surface area contributed by atoms with Crippen molar-refractivity contribution in [2.45, 2.75) is 42.9 Å². The number of benzene rings is 6. The van der Waals surface area contributed by atoms with E-state index in [9.17, 15) is 22.8 Å². The van der Waals surface area contributed by atoms with Gasteiger partial charge in [0.05, 0.1) is 16.2 Å². The highest BCUT2D eigenvalue weighted by atomic mass is 32.2. The van der Waals surface area contributed by atoms with Gasteiger partial charge in [0.1, 0.15) is 11.6 Å². The number of sulfonamides is 1. The first-order valence-corrected chi connectivity index (χ1v) is 21.4. The van der Waals surface area contributed by atoms with Gasteiger partial charge in [0.2, 0.25) is 15.9 Å². The number of carbonyl (C=O) groups excluding carboxylic acids is 3. The summed E-state index contributed by atoms with van der Waals surface area (Å²) < 4.78 is 34.1. The van der Waals surface area contributed by atoms with Crippen LogP contribution in [-0.2, 0) is 30.1 Å². The molecule has 0 saturated carbocycles. The molecule has 0 aliphatic carbocycles. The third-order valence-electron chi connectivity index (χ3n) is 9.05. The Morgan fingerprint density at radius 3 is 1.64 bits per heavy atom. The van der Waals surface area contributed by atoms with Gasteiger partial charge in [-0.1, -0.05) is 152 Å². The third kappa shape index (κ3) is 10.6. The van der Waals surface area contributed by atoms with E-state index in [0.717, 1.165) is 16.7 Å². The maximum Gasteiger partial charge on any atom is 0.408 e. The topological polar surface area (TPSA) is 131 Å². The second kappa shape index (κ2) is 18.4. The lowest BCUT2D eigenvalue weighted by Gasteiger charge is -2.36. The number of anilines is 2. The molecule has 0 aliphatic heterocycles. The minimum absolute atomic E-state index is 0.0305. The lowest BCUT2D eigenvalue weighted by Crippen LogP contribution is -2.48. The summed E-state index contributed by atoms with van der Waals surface area (Å²) >= 11 is 1.49. The molecule has 6 rings (SSSR count). The Kier molecular flexibility index (Phi) is 13.2. The molecule has 0 saturated heterocycles. The fraction of sp³-hybridized carbons (Fsp3) is 0.170. The predicted octanol–water partition coefficient (Wildman–Crippen LogP) is 9.42. The van der Waals surface area contributed by atoms with Gasteiger partial charge in [-0.2, -0.15) is 0 Å². The lowest BCUT2D eigenvalue weighted by atomic mass is 9.84. The summed E-state index contributed by atoms with van der Waals surface area (Å²) in [6.07, 6.45) is -0.777. The number of alkyl carbamates (subject to hydrolysis) is 1. The number of nitrogens with one attached hydrogen (secondary N) is 3. The Hall–Kier alpha value is -6.17. The second-order valence-corrected chi connectivity index (χ2v) is 17.5. The summed E-state index contributed by atoms with van der Waals surface area (Å²) in [5.74, 6) is -1.24. The van der Waals surface area contributed by atoms with E-state index in [1.165, 1.54) is 30.0 Å². The Labute approximate surface area is 344 Å². The Bertz CT molecular complexity index is 2330. The van der Waals surface area contributed by atoms with Gasteiger partial charge in [-0.3, -0.25) is 14.3 Å². The van der Waals surface area contributed by atoms with Crippen LogP contribution in [0.15, 0.2) is 170 Å². The summed E-state index contributed by atoms with van der Waals surface area (Å²) in [5.41, 5.74) is 3.30. The molecule has 0 fully saturated rings. The largest absolute Gasteiger partial charge is 0.444 e. The Morgan fingerprint density at radius 2 is 1.14 bits per heavy atom. The third-order valence-corrected chi connectivity index (χ3v) is 11.9. The maximum absolute atomic E-state index is 14.4. The van der Waals surface area contributed by atoms with Crippen LogP contribution in [0.5, 0.6) is 0 Å². The van der Waals surface area contributed by atoms with Gasteiger partial charge in [-0.05, 0) is 61.2 Å². The number of ketones is 1. The highest BCUT2D eigenvalue weighted by Gasteiger charge is 2.39. The lowest BCUT2D eigenvalue weighted by molar-refractivity contribution is -0.117. The SMILES string of the molecule is CC(C)(C)OC(=O)N[C@@H](CSC(c1ccccc1)(c1ccccc1)c1ccccc1)C(=O)Nc1ccc(NS(=O)(=O)Cc2ccccc2)c(C(=O)c2ccccc2)c1. The van der Waals surface area contributed by atoms with Gasteiger partial charge >= 0.3 is 6.09 Å². The first kappa shape index (κ1) is 41.5. The minimum atomic E-state index is -3.95. The van der Waals surface area contributed by atoms with Gasteiger partial charge in [0.25, 0.3) is 0 Å². The maximum atomic E-state index is 14.4. The monoisotopic (exact) mass is 811 g/mol. The van der Waals surface area contributed by atoms with Crippen LogP contribution in [0.1, 0.15) is 58.9 Å². The number of rotatable bonds is 15. The van der Waals surface area contributed by atoms with Crippen LogP contribution >= 0.6 is 11.8 Å². The van der Waals surface area contributed by atoms with E-state index in [2.05, 4.69) is 15.4 Å². The highest BCUT2D eigenvalue weighted by Crippen LogP contribution is 2.48. The molecule has 6 aromatic rings. The molecule has 9 nitrogen and oxygen atoms in total. The molecule has 11 heteroatoms. The molecule has 58 heavy (non-hydrogen) atoms. The number of ether oxygens (including phenoxy) is 1. The van der Waals surface area contributed by atoms with E-state index in [1.54, 1.807) is 81.4 Å². The minimum Gasteiger partial charge on any atom is -0.444 e. The molecule has 296 valence electrons. The van der Waals surface area contributed by atoms with Crippen molar-refractivity contribution in [3.8, 4) is 0 Å². The average molecular weight is 812 g/mol. The van der Waals surface area contributed by atoms with Crippen molar-refractivity contribution in [3.05, 3.63) is 203 Å². The summed E-state index contributed by atoms with van der Waals surface area (Å²) in [5, 5.41) is 5.69. The number of thioether (sulfide) groups is 1. The van der Waals surface area contributed by atoms with Crippen molar-refractivity contribution in [1.82, 2.24) is 5.32 Å². The van der Waals surface area contributed by atoms with Crippen LogP contribution in [0.25, 0.3) is 0 Å². The number of hydrogen-bond donors (Lipinski definition) is 3. The van der Waals surface area contributed by atoms with Crippen LogP contribution in [-0.4, -0.2) is 43.6 Å². The van der Waals surface area contributed by atoms with Crippen molar-refractivity contribution >= 4 is 50.9 Å². The number of hydrogen-bond acceptors (Lipinski definition) is 7. The van der Waals surface area contributed by atoms with E-state index < -0.39 is 44.2 Å². The fourth-order valence-corrected chi connectivity index (χ4v) is 9.26. The van der Waals surface area contributed by atoms with Crippen LogP contribution in [0.3, 0.4) is 0 Å². The molecule has 0 aromatic heterocycles. The van der Waals surface area contributed by atoms with Crippen molar-refractivity contribution in [2.24, 2.45) is 0 Å². The van der Waals surface area contributed by atoms with Crippen molar-refractivity contribution < 1.29 is 27.5 Å². The van der Waals surface area contributed by atoms with Crippen LogP contribution in [0.4, 0.5) is 16.2 Å². The van der Waals surface area contributed by atoms with Gasteiger partial charge in [0.15, 0.2) is 5.78 Å². The molecular weight excluding hydrogens is 767 g/mol. The van der Waals surface area contributed by atoms with Crippen molar-refractivity contribution in [1.29, 1.82) is 0 Å². The number of carbonyl (C=O) groups is 3. The molecule has 1 atom stereocenters. The molecule has 0 bridgehead atoms. The standard InChI is InChI=1S/C47H45N3O6S2/c1-46(2,3)56-45(53)49-42(32-57-47(36-23-13-6-14-24-36,37-25-15-7-16-26-37)38-27-17-8-18-28-38)44(52)48-39-29-30-41(40(31-39)43(51)35-21-11-5-12-22-35)50-58(54,55)33-34-19-9-4-10-20-34/h4-31,42,50H,32-33H2,1-3H3,(H,48,52)(H,49,53)/t42-/m0/s1. The van der Waals surface area contributed by atoms with Gasteiger partial charge in [0, 0.05) is 22.6 Å². The normalized spacial score (nSPS) is 12.2. The van der Waals surface area contributed by atoms with Crippen LogP contribution in [0, 0.1) is 0 Å².